The molecule has 0 aliphatic carbocycles. The number of hydrogen-bond donors (Lipinski definition) is 18. The number of H-pyrrole nitrogens is 2. The van der Waals surface area contributed by atoms with Gasteiger partial charge < -0.3 is 130 Å². The van der Waals surface area contributed by atoms with Gasteiger partial charge in [0.2, 0.25) is 25.2 Å². The largest absolute Gasteiger partial charge is 0.462 e. The molecule has 4 aromatic carbocycles. The van der Waals surface area contributed by atoms with E-state index in [1.165, 1.54) is 0 Å². The van der Waals surface area contributed by atoms with Gasteiger partial charge in [0, 0.05) is 44.3 Å². The van der Waals surface area contributed by atoms with Gasteiger partial charge in [-0.05, 0) is 121 Å². The molecule has 0 amide bonds. The fourth-order valence-corrected chi connectivity index (χ4v) is 13.1. The predicted octanol–water partition coefficient (Wildman–Crippen LogP) is -0.732. The van der Waals surface area contributed by atoms with Gasteiger partial charge in [-0.2, -0.15) is 0 Å². The molecule has 0 radical (unpaired) electrons. The zero-order valence-electron chi connectivity index (χ0n) is 51.1. The Bertz CT molecular complexity index is 3580. The van der Waals surface area contributed by atoms with E-state index in [-0.39, 0.29) is 23.0 Å². The number of benzene rings is 4. The number of ether oxygens (including phenoxy) is 8. The lowest BCUT2D eigenvalue weighted by Gasteiger charge is -2.39. The third-order valence-corrected chi connectivity index (χ3v) is 18.2. The summed E-state index contributed by atoms with van der Waals surface area (Å²) < 4.78 is 47.8. The van der Waals surface area contributed by atoms with Crippen molar-refractivity contribution in [1.29, 1.82) is 0 Å². The SMILES string of the molecule is OC[C@H]1O[C@@H](Oc2cccc(-c3c4nc(c(-c5cccc(O[C@@H]6O[C@H](CO)[C@H](O)[C@H](O)[C@H]6O)c5)c5ccc([nH]5)c(-c5cccc(O[C@@H]6O[C@H](CO)[C@H](O)[C@H](O)[C@H]6O)c5)c5nc(c(-c6cccc(O[C@@H]7O[C@H](CO)[C@H](O)[C@H](O)[C@H]7O)c6)c6ccc3[nH]6)CC5)CC4)c2)[C@H](O)[C@@H](O)[C@H]1O. The Hall–Kier alpha value is -7.60. The van der Waals surface area contributed by atoms with Crippen LogP contribution >= 0.6 is 0 Å². The van der Waals surface area contributed by atoms with E-state index >= 15 is 0 Å². The summed E-state index contributed by atoms with van der Waals surface area (Å²) in [4.78, 5) is 18.3. The van der Waals surface area contributed by atoms with Gasteiger partial charge >= 0.3 is 0 Å². The minimum absolute atomic E-state index is 0.165. The monoisotopic (exact) mass is 1330 g/mol. The highest BCUT2D eigenvalue weighted by molar-refractivity contribution is 5.92. The summed E-state index contributed by atoms with van der Waals surface area (Å²) in [5.41, 5.74) is 8.96. The molecule has 13 rings (SSSR count). The lowest BCUT2D eigenvalue weighted by molar-refractivity contribution is -0.277. The zero-order valence-corrected chi connectivity index (χ0v) is 51.1. The number of aromatic nitrogens is 4. The zero-order chi connectivity index (χ0) is 67.4. The molecule has 3 aromatic heterocycles. The van der Waals surface area contributed by atoms with Crippen molar-refractivity contribution in [2.75, 3.05) is 26.4 Å². The third-order valence-electron chi connectivity index (χ3n) is 18.2. The van der Waals surface area contributed by atoms with E-state index < -0.39 is 149 Å². The molecule has 18 N–H and O–H groups in total. The highest BCUT2D eigenvalue weighted by Gasteiger charge is 2.48. The molecule has 510 valence electrons. The van der Waals surface area contributed by atoms with Crippen LogP contribution in [0, 0.1) is 0 Å². The van der Waals surface area contributed by atoms with Crippen molar-refractivity contribution in [2.24, 2.45) is 0 Å². The van der Waals surface area contributed by atoms with Gasteiger partial charge in [-0.15, -0.1) is 0 Å². The highest BCUT2D eigenvalue weighted by atomic mass is 16.7. The van der Waals surface area contributed by atoms with E-state index in [1.807, 2.05) is 48.5 Å². The first kappa shape index (κ1) is 67.0. The fraction of sp³-hybridized carbons (Fsp3) is 0.412. The quantitative estimate of drug-likeness (QED) is 0.0567. The maximum atomic E-state index is 11.1. The first-order valence-electron chi connectivity index (χ1n) is 31.4. The summed E-state index contributed by atoms with van der Waals surface area (Å²) in [6.45, 7) is -2.74. The minimum atomic E-state index is -1.73. The fourth-order valence-electron chi connectivity index (χ4n) is 13.1. The standard InChI is InChI=1S/C68H74N4O24/c73-25-45-53(77)57(81)61(85)65(93-45)89-33-9-1-5-29(21-33)49-37-13-15-39(69-37)50(30-6-2-10-34(22-30)90-66-62(86)58(82)54(78)46(26-74)94-66)41-17-19-43(71-41)52(32-8-4-12-36(24-32)92-68-64(88)60(84)56(80)48(28-76)96-68)44-20-18-42(72-44)51(40-16-14-38(49)70-40)31-7-3-11-35(23-31)91-67-63(87)59(83)55(79)47(27-75)95-67/h1-13,15,18,20-24,45-48,53-69,72-88H,14,16-17,19,25-28H2/t45-,46-,47-,48-,53+,54+,55+,56+,57+,58+,59+,60+,61-,62-,63-,64-,65-,66-,67-,68-/m1/s1. The Balaban J connectivity index is 1.03. The molecule has 0 saturated carbocycles. The first-order chi connectivity index (χ1) is 46.3. The first-order valence-corrected chi connectivity index (χ1v) is 31.4. The number of aliphatic hydroxyl groups excluding tert-OH is 16. The summed E-state index contributed by atoms with van der Waals surface area (Å²) in [5.74, 6) is 0.660. The number of nitrogens with zero attached hydrogens (tertiary/aromatic N) is 2. The highest BCUT2D eigenvalue weighted by Crippen LogP contribution is 2.42. The average molecular weight is 1330 g/mol. The Labute approximate surface area is 546 Å². The molecule has 6 aliphatic rings. The van der Waals surface area contributed by atoms with Crippen LogP contribution < -0.4 is 18.9 Å². The number of aliphatic hydroxyl groups is 16. The van der Waals surface area contributed by atoms with Crippen molar-refractivity contribution in [3.63, 3.8) is 0 Å². The lowest BCUT2D eigenvalue weighted by Crippen LogP contribution is -2.60. The van der Waals surface area contributed by atoms with Crippen molar-refractivity contribution in [3.05, 3.63) is 144 Å². The van der Waals surface area contributed by atoms with Gasteiger partial charge in [0.25, 0.3) is 0 Å². The Morgan fingerprint density at radius 3 is 0.729 bits per heavy atom. The molecular formula is C68H74N4O24. The molecular weight excluding hydrogens is 1260 g/mol. The molecule has 7 aromatic rings. The maximum Gasteiger partial charge on any atom is 0.229 e. The van der Waals surface area contributed by atoms with Crippen LogP contribution in [0.3, 0.4) is 0 Å². The molecule has 6 aliphatic heterocycles. The van der Waals surface area contributed by atoms with Crippen LogP contribution in [-0.2, 0) is 44.6 Å². The van der Waals surface area contributed by atoms with Crippen LogP contribution in [0.4, 0.5) is 0 Å². The second-order valence-corrected chi connectivity index (χ2v) is 24.5. The molecule has 9 heterocycles. The van der Waals surface area contributed by atoms with E-state index in [1.54, 1.807) is 72.8 Å². The number of aryl methyl sites for hydroxylation is 4. The topological polar surface area (TPSA) is 455 Å². The number of aromatic amines is 2. The van der Waals surface area contributed by atoms with Crippen molar-refractivity contribution < 1.29 is 120 Å². The molecule has 4 fully saturated rings. The Kier molecular flexibility index (Phi) is 19.6. The van der Waals surface area contributed by atoms with Crippen LogP contribution in [0.25, 0.3) is 66.6 Å². The predicted molar refractivity (Wildman–Crippen MR) is 335 cm³/mol. The normalized spacial score (nSPS) is 31.6. The molecule has 0 spiro atoms. The van der Waals surface area contributed by atoms with Crippen LogP contribution in [0.5, 0.6) is 23.0 Å². The summed E-state index contributed by atoms with van der Waals surface area (Å²) in [5, 5.41) is 170. The van der Waals surface area contributed by atoms with Crippen LogP contribution in [0.2, 0.25) is 0 Å². The smallest absolute Gasteiger partial charge is 0.229 e. The van der Waals surface area contributed by atoms with Gasteiger partial charge in [0.1, 0.15) is 121 Å². The van der Waals surface area contributed by atoms with Crippen molar-refractivity contribution in [3.8, 4) is 67.5 Å². The summed E-state index contributed by atoms with van der Waals surface area (Å²) in [7, 11) is 0. The summed E-state index contributed by atoms with van der Waals surface area (Å²) in [6, 6.07) is 34.7. The van der Waals surface area contributed by atoms with Gasteiger partial charge in [-0.1, -0.05) is 48.5 Å². The molecule has 20 atom stereocenters. The second kappa shape index (κ2) is 28.1. The molecule has 0 unspecified atom stereocenters. The van der Waals surface area contributed by atoms with E-state index in [2.05, 4.69) is 9.97 Å². The summed E-state index contributed by atoms with van der Waals surface area (Å²) >= 11 is 0. The van der Waals surface area contributed by atoms with E-state index in [9.17, 15) is 81.7 Å². The molecule has 28 heteroatoms. The lowest BCUT2D eigenvalue weighted by atomic mass is 9.99. The molecule has 8 bridgehead atoms. The molecule has 4 saturated heterocycles. The van der Waals surface area contributed by atoms with Gasteiger partial charge in [-0.3, -0.25) is 9.97 Å². The van der Waals surface area contributed by atoms with Crippen molar-refractivity contribution >= 4 is 22.1 Å². The van der Waals surface area contributed by atoms with Crippen molar-refractivity contribution in [2.45, 2.75) is 149 Å². The number of hydrogen-bond acceptors (Lipinski definition) is 26. The van der Waals surface area contributed by atoms with Gasteiger partial charge in [-0.25, -0.2) is 0 Å². The summed E-state index contributed by atoms with van der Waals surface area (Å²) in [6.07, 6.45) is -30.2. The van der Waals surface area contributed by atoms with Crippen LogP contribution in [0.1, 0.15) is 22.8 Å². The van der Waals surface area contributed by atoms with Crippen LogP contribution in [-0.4, -0.2) is 251 Å². The number of rotatable bonds is 16. The van der Waals surface area contributed by atoms with Gasteiger partial charge in [0.15, 0.2) is 0 Å². The van der Waals surface area contributed by atoms with Gasteiger partial charge in [0.05, 0.1) is 49.2 Å². The Morgan fingerprint density at radius 2 is 0.521 bits per heavy atom. The molecule has 96 heavy (non-hydrogen) atoms. The number of nitrogens with one attached hydrogen (secondary N) is 2. The molecule has 28 nitrogen and oxygen atoms in total. The average Bonchev–Trinajstić information content (AvgIpc) is 1.62. The second-order valence-electron chi connectivity index (χ2n) is 24.5. The van der Waals surface area contributed by atoms with E-state index in [0.29, 0.717) is 115 Å². The minimum Gasteiger partial charge on any atom is -0.462 e. The van der Waals surface area contributed by atoms with E-state index in [0.717, 1.165) is 0 Å². The van der Waals surface area contributed by atoms with Crippen LogP contribution in [0.15, 0.2) is 121 Å². The number of fused-ring (bicyclic) bond motifs is 8. The third kappa shape index (κ3) is 13.0. The van der Waals surface area contributed by atoms with Crippen molar-refractivity contribution in [1.82, 2.24) is 19.9 Å². The van der Waals surface area contributed by atoms with E-state index in [4.69, 9.17) is 47.9 Å². The Morgan fingerprint density at radius 1 is 0.302 bits per heavy atom. The maximum absolute atomic E-state index is 11.1.